The zero-order valence-electron chi connectivity index (χ0n) is 13.9. The van der Waals surface area contributed by atoms with Gasteiger partial charge in [-0.3, -0.25) is 0 Å². The molecule has 1 aromatic carbocycles. The minimum Gasteiger partial charge on any atom is -0.494 e. The minimum absolute atomic E-state index is 0.106. The predicted octanol–water partition coefficient (Wildman–Crippen LogP) is 2.76. The zero-order chi connectivity index (χ0) is 16.5. The number of carbonyl (C=O) groups is 1. The summed E-state index contributed by atoms with van der Waals surface area (Å²) in [6, 6.07) is 8.11. The summed E-state index contributed by atoms with van der Waals surface area (Å²) in [5, 5.41) is 15.3. The number of hydrogen-bond acceptors (Lipinski definition) is 3. The van der Waals surface area contributed by atoms with Crippen molar-refractivity contribution in [3.05, 3.63) is 29.8 Å². The predicted molar refractivity (Wildman–Crippen MR) is 90.7 cm³/mol. The molecule has 0 heterocycles. The fourth-order valence-electron chi connectivity index (χ4n) is 2.71. The molecule has 5 nitrogen and oxygen atoms in total. The molecule has 1 aliphatic rings. The second kappa shape index (κ2) is 9.40. The van der Waals surface area contributed by atoms with Crippen molar-refractivity contribution < 1.29 is 14.6 Å². The van der Waals surface area contributed by atoms with Crippen LogP contribution < -0.4 is 15.4 Å². The number of amides is 2. The summed E-state index contributed by atoms with van der Waals surface area (Å²) in [5.41, 5.74) is 1.22. The maximum atomic E-state index is 11.8. The van der Waals surface area contributed by atoms with E-state index in [-0.39, 0.29) is 18.2 Å². The van der Waals surface area contributed by atoms with E-state index in [4.69, 9.17) is 4.74 Å². The summed E-state index contributed by atoms with van der Waals surface area (Å²) in [5.74, 6) is 0.890. The number of unbranched alkanes of at least 4 members (excludes halogenated alkanes) is 1. The first-order valence-electron chi connectivity index (χ1n) is 8.55. The fourth-order valence-corrected chi connectivity index (χ4v) is 2.71. The van der Waals surface area contributed by atoms with Crippen LogP contribution in [-0.2, 0) is 0 Å². The fraction of sp³-hybridized carbons (Fsp3) is 0.611. The first kappa shape index (κ1) is 17.6. The number of aliphatic hydroxyl groups is 1. The minimum atomic E-state index is -0.190. The number of rotatable bonds is 7. The molecule has 1 saturated carbocycles. The van der Waals surface area contributed by atoms with Gasteiger partial charge < -0.3 is 20.5 Å². The Labute approximate surface area is 138 Å². The Kier molecular flexibility index (Phi) is 7.20. The molecule has 0 radical (unpaired) electrons. The molecular formula is C18H28N2O3. The highest BCUT2D eigenvalue weighted by Gasteiger charge is 2.20. The Morgan fingerprint density at radius 3 is 2.57 bits per heavy atom. The van der Waals surface area contributed by atoms with E-state index in [0.29, 0.717) is 13.2 Å². The Morgan fingerprint density at radius 1 is 1.17 bits per heavy atom. The molecule has 2 amide bonds. The van der Waals surface area contributed by atoms with Crippen molar-refractivity contribution in [3.63, 3.8) is 0 Å². The molecule has 0 bridgehead atoms. The van der Waals surface area contributed by atoms with Gasteiger partial charge in [0.25, 0.3) is 0 Å². The van der Waals surface area contributed by atoms with Crippen molar-refractivity contribution in [1.82, 2.24) is 10.6 Å². The number of carbonyl (C=O) groups excluding carboxylic acids is 1. The summed E-state index contributed by atoms with van der Waals surface area (Å²) in [4.78, 5) is 11.8. The Balaban J connectivity index is 1.48. The largest absolute Gasteiger partial charge is 0.494 e. The maximum absolute atomic E-state index is 11.8. The van der Waals surface area contributed by atoms with Crippen LogP contribution in [0.2, 0.25) is 0 Å². The molecule has 128 valence electrons. The Hall–Kier alpha value is -1.75. The molecule has 0 saturated heterocycles. The highest BCUT2D eigenvalue weighted by Crippen LogP contribution is 2.18. The number of benzene rings is 1. The van der Waals surface area contributed by atoms with E-state index in [0.717, 1.165) is 44.3 Å². The average Bonchev–Trinajstić information content (AvgIpc) is 2.54. The van der Waals surface area contributed by atoms with Crippen LogP contribution >= 0.6 is 0 Å². The number of aliphatic hydroxyl groups excluding tert-OH is 1. The lowest BCUT2D eigenvalue weighted by molar-refractivity contribution is 0.117. The Bertz CT molecular complexity index is 468. The summed E-state index contributed by atoms with van der Waals surface area (Å²) in [6.45, 7) is 3.36. The summed E-state index contributed by atoms with van der Waals surface area (Å²) >= 11 is 0. The lowest BCUT2D eigenvalue weighted by Crippen LogP contribution is -2.44. The maximum Gasteiger partial charge on any atom is 0.315 e. The molecule has 0 spiro atoms. The molecule has 1 aromatic rings. The van der Waals surface area contributed by atoms with Crippen LogP contribution in [0.3, 0.4) is 0 Å². The monoisotopic (exact) mass is 320 g/mol. The van der Waals surface area contributed by atoms with Crippen molar-refractivity contribution in [2.75, 3.05) is 13.2 Å². The van der Waals surface area contributed by atoms with Gasteiger partial charge in [-0.1, -0.05) is 17.7 Å². The van der Waals surface area contributed by atoms with Crippen molar-refractivity contribution in [2.24, 2.45) is 0 Å². The molecule has 0 atom stereocenters. The van der Waals surface area contributed by atoms with E-state index >= 15 is 0 Å². The molecule has 0 aliphatic heterocycles. The number of hydrogen-bond donors (Lipinski definition) is 3. The van der Waals surface area contributed by atoms with Gasteiger partial charge in [0.2, 0.25) is 0 Å². The first-order chi connectivity index (χ1) is 11.1. The molecule has 0 aromatic heterocycles. The standard InChI is InChI=1S/C18H28N2O3/c1-14-4-10-17(11-5-14)23-13-3-2-12-19-18(22)20-15-6-8-16(21)9-7-15/h4-5,10-11,15-16,21H,2-3,6-9,12-13H2,1H3,(H2,19,20,22). The van der Waals surface area contributed by atoms with Crippen LogP contribution in [0, 0.1) is 6.92 Å². The van der Waals surface area contributed by atoms with Crippen molar-refractivity contribution in [3.8, 4) is 5.75 Å². The van der Waals surface area contributed by atoms with E-state index < -0.39 is 0 Å². The number of urea groups is 1. The van der Waals surface area contributed by atoms with Crippen LogP contribution in [0.25, 0.3) is 0 Å². The second-order valence-corrected chi connectivity index (χ2v) is 6.27. The number of ether oxygens (including phenoxy) is 1. The van der Waals surface area contributed by atoms with Crippen LogP contribution in [0.4, 0.5) is 4.79 Å². The van der Waals surface area contributed by atoms with Gasteiger partial charge in [-0.15, -0.1) is 0 Å². The summed E-state index contributed by atoms with van der Waals surface area (Å²) in [6.07, 6.45) is 4.89. The van der Waals surface area contributed by atoms with Crippen molar-refractivity contribution in [1.29, 1.82) is 0 Å². The normalized spacial score (nSPS) is 20.8. The van der Waals surface area contributed by atoms with Gasteiger partial charge >= 0.3 is 6.03 Å². The molecule has 0 unspecified atom stereocenters. The van der Waals surface area contributed by atoms with Gasteiger partial charge in [0, 0.05) is 12.6 Å². The molecule has 2 rings (SSSR count). The molecule has 3 N–H and O–H groups in total. The second-order valence-electron chi connectivity index (χ2n) is 6.27. The molecule has 1 fully saturated rings. The van der Waals surface area contributed by atoms with E-state index in [1.54, 1.807) is 0 Å². The lowest BCUT2D eigenvalue weighted by atomic mass is 9.93. The zero-order valence-corrected chi connectivity index (χ0v) is 13.9. The van der Waals surface area contributed by atoms with Gasteiger partial charge in [-0.05, 0) is 57.6 Å². The highest BCUT2D eigenvalue weighted by atomic mass is 16.5. The molecule has 1 aliphatic carbocycles. The SMILES string of the molecule is Cc1ccc(OCCCCNC(=O)NC2CCC(O)CC2)cc1. The van der Waals surface area contributed by atoms with Gasteiger partial charge in [-0.2, -0.15) is 0 Å². The van der Waals surface area contributed by atoms with E-state index in [2.05, 4.69) is 17.6 Å². The van der Waals surface area contributed by atoms with Crippen molar-refractivity contribution in [2.45, 2.75) is 57.6 Å². The number of aryl methyl sites for hydroxylation is 1. The topological polar surface area (TPSA) is 70.6 Å². The van der Waals surface area contributed by atoms with Crippen LogP contribution in [-0.4, -0.2) is 36.4 Å². The third-order valence-corrected chi connectivity index (χ3v) is 4.18. The first-order valence-corrected chi connectivity index (χ1v) is 8.55. The smallest absolute Gasteiger partial charge is 0.315 e. The summed E-state index contributed by atoms with van der Waals surface area (Å²) < 4.78 is 5.65. The quantitative estimate of drug-likeness (QED) is 0.677. The average molecular weight is 320 g/mol. The van der Waals surface area contributed by atoms with Gasteiger partial charge in [0.1, 0.15) is 5.75 Å². The van der Waals surface area contributed by atoms with E-state index in [1.807, 2.05) is 24.3 Å². The van der Waals surface area contributed by atoms with Gasteiger partial charge in [-0.25, -0.2) is 4.79 Å². The van der Waals surface area contributed by atoms with Crippen LogP contribution in [0.5, 0.6) is 5.75 Å². The van der Waals surface area contributed by atoms with Gasteiger partial charge in [0.05, 0.1) is 12.7 Å². The highest BCUT2D eigenvalue weighted by molar-refractivity contribution is 5.74. The van der Waals surface area contributed by atoms with Crippen molar-refractivity contribution >= 4 is 6.03 Å². The molecule has 5 heteroatoms. The van der Waals surface area contributed by atoms with Crippen LogP contribution in [0.15, 0.2) is 24.3 Å². The molecule has 23 heavy (non-hydrogen) atoms. The summed E-state index contributed by atoms with van der Waals surface area (Å²) in [7, 11) is 0. The van der Waals surface area contributed by atoms with Crippen LogP contribution in [0.1, 0.15) is 44.1 Å². The van der Waals surface area contributed by atoms with E-state index in [9.17, 15) is 9.90 Å². The third-order valence-electron chi connectivity index (χ3n) is 4.18. The molecular weight excluding hydrogens is 292 g/mol. The van der Waals surface area contributed by atoms with E-state index in [1.165, 1.54) is 5.56 Å². The lowest BCUT2D eigenvalue weighted by Gasteiger charge is -2.26. The Morgan fingerprint density at radius 2 is 1.87 bits per heavy atom. The number of nitrogens with one attached hydrogen (secondary N) is 2. The van der Waals surface area contributed by atoms with Gasteiger partial charge in [0.15, 0.2) is 0 Å². The third kappa shape index (κ3) is 6.91.